The van der Waals surface area contributed by atoms with Crippen molar-refractivity contribution in [3.05, 3.63) is 29.8 Å². The van der Waals surface area contributed by atoms with Gasteiger partial charge in [0.15, 0.2) is 5.78 Å². The lowest BCUT2D eigenvalue weighted by molar-refractivity contribution is 0.101. The first-order chi connectivity index (χ1) is 8.99. The van der Waals surface area contributed by atoms with E-state index in [1.807, 2.05) is 0 Å². The number of nitrogens with one attached hydrogen (secondary N) is 2. The summed E-state index contributed by atoms with van der Waals surface area (Å²) in [6.07, 6.45) is 2.32. The monoisotopic (exact) mass is 282 g/mol. The summed E-state index contributed by atoms with van der Waals surface area (Å²) in [6.45, 7) is 1.98. The maximum atomic E-state index is 11.5. The van der Waals surface area contributed by atoms with Crippen LogP contribution >= 0.6 is 0 Å². The molecule has 1 unspecified atom stereocenters. The molecule has 1 rings (SSSR count). The minimum atomic E-state index is -0.829. The fourth-order valence-electron chi connectivity index (χ4n) is 1.44. The fourth-order valence-corrected chi connectivity index (χ4v) is 1.99. The van der Waals surface area contributed by atoms with E-state index in [0.29, 0.717) is 30.0 Å². The second kappa shape index (κ2) is 7.68. The van der Waals surface area contributed by atoms with Crippen LogP contribution in [0.5, 0.6) is 0 Å². The molecule has 0 bridgehead atoms. The Kier molecular flexibility index (Phi) is 6.21. The quantitative estimate of drug-likeness (QED) is 0.617. The van der Waals surface area contributed by atoms with Gasteiger partial charge in [0, 0.05) is 40.6 Å². The van der Waals surface area contributed by atoms with Gasteiger partial charge in [-0.1, -0.05) is 0 Å². The molecule has 5 nitrogen and oxygen atoms in total. The number of rotatable bonds is 6. The first-order valence-corrected chi connectivity index (χ1v) is 7.67. The Hall–Kier alpha value is -1.69. The number of ketones is 1. The lowest BCUT2D eigenvalue weighted by atomic mass is 10.1. The predicted molar refractivity (Wildman–Crippen MR) is 77.0 cm³/mol. The number of carbonyl (C=O) groups excluding carboxylic acids is 2. The minimum absolute atomic E-state index is 0.0106. The smallest absolute Gasteiger partial charge is 0.319 e. The number of amides is 2. The second-order valence-corrected chi connectivity index (χ2v) is 5.70. The summed E-state index contributed by atoms with van der Waals surface area (Å²) >= 11 is 0. The van der Waals surface area contributed by atoms with Gasteiger partial charge in [-0.25, -0.2) is 4.79 Å². The molecule has 0 aromatic heterocycles. The normalized spacial score (nSPS) is 11.7. The highest BCUT2D eigenvalue weighted by Gasteiger charge is 2.03. The maximum absolute atomic E-state index is 11.5. The number of hydrogen-bond donors (Lipinski definition) is 2. The molecule has 1 atom stereocenters. The van der Waals surface area contributed by atoms with Gasteiger partial charge in [0.25, 0.3) is 0 Å². The molecule has 0 spiro atoms. The SMILES string of the molecule is CC(=O)c1ccc(NC(=O)NCCCS(C)=O)cc1. The Morgan fingerprint density at radius 3 is 2.37 bits per heavy atom. The first kappa shape index (κ1) is 15.4. The summed E-state index contributed by atoms with van der Waals surface area (Å²) in [4.78, 5) is 22.6. The van der Waals surface area contributed by atoms with Gasteiger partial charge >= 0.3 is 6.03 Å². The van der Waals surface area contributed by atoms with Crippen molar-refractivity contribution < 1.29 is 13.8 Å². The van der Waals surface area contributed by atoms with E-state index in [-0.39, 0.29) is 11.8 Å². The summed E-state index contributed by atoms with van der Waals surface area (Å²) in [6, 6.07) is 6.38. The van der Waals surface area contributed by atoms with Crippen LogP contribution in [0.4, 0.5) is 10.5 Å². The fraction of sp³-hybridized carbons (Fsp3) is 0.385. The zero-order valence-electron chi connectivity index (χ0n) is 11.1. The van der Waals surface area contributed by atoms with Gasteiger partial charge in [-0.3, -0.25) is 9.00 Å². The summed E-state index contributed by atoms with van der Waals surface area (Å²) in [5.41, 5.74) is 1.23. The van der Waals surface area contributed by atoms with Crippen molar-refractivity contribution in [3.8, 4) is 0 Å². The molecule has 19 heavy (non-hydrogen) atoms. The molecular formula is C13H18N2O3S. The van der Waals surface area contributed by atoms with Crippen LogP contribution in [0.15, 0.2) is 24.3 Å². The zero-order chi connectivity index (χ0) is 14.3. The number of Topliss-reactive ketones (excluding diaryl/α,β-unsaturated/α-hetero) is 1. The standard InChI is InChI=1S/C13H18N2O3S/c1-10(16)11-4-6-12(7-5-11)15-13(17)14-8-3-9-19(2)18/h4-7H,3,8-9H2,1-2H3,(H2,14,15,17). The highest BCUT2D eigenvalue weighted by molar-refractivity contribution is 7.84. The van der Waals surface area contributed by atoms with Gasteiger partial charge in [-0.2, -0.15) is 0 Å². The number of carbonyl (C=O) groups is 2. The van der Waals surface area contributed by atoms with Crippen molar-refractivity contribution >= 4 is 28.3 Å². The molecule has 1 aromatic rings. The third kappa shape index (κ3) is 6.15. The largest absolute Gasteiger partial charge is 0.338 e. The van der Waals surface area contributed by atoms with Crippen LogP contribution in [-0.4, -0.2) is 34.6 Å². The number of anilines is 1. The van der Waals surface area contributed by atoms with E-state index in [4.69, 9.17) is 0 Å². The molecular weight excluding hydrogens is 264 g/mol. The van der Waals surface area contributed by atoms with Crippen molar-refractivity contribution in [2.75, 3.05) is 23.9 Å². The number of benzene rings is 1. The van der Waals surface area contributed by atoms with Gasteiger partial charge in [0.1, 0.15) is 0 Å². The van der Waals surface area contributed by atoms with Crippen molar-refractivity contribution in [1.29, 1.82) is 0 Å². The van der Waals surface area contributed by atoms with Crippen LogP contribution < -0.4 is 10.6 Å². The molecule has 0 radical (unpaired) electrons. The van der Waals surface area contributed by atoms with Crippen molar-refractivity contribution in [3.63, 3.8) is 0 Å². The van der Waals surface area contributed by atoms with E-state index in [0.717, 1.165) is 0 Å². The minimum Gasteiger partial charge on any atom is -0.338 e. The van der Waals surface area contributed by atoms with Crippen molar-refractivity contribution in [1.82, 2.24) is 5.32 Å². The molecule has 0 aliphatic carbocycles. The second-order valence-electron chi connectivity index (χ2n) is 4.15. The number of urea groups is 1. The van der Waals surface area contributed by atoms with Gasteiger partial charge in [-0.15, -0.1) is 0 Å². The lowest BCUT2D eigenvalue weighted by Gasteiger charge is -2.07. The molecule has 0 saturated carbocycles. The van der Waals surface area contributed by atoms with Gasteiger partial charge in [-0.05, 0) is 37.6 Å². The van der Waals surface area contributed by atoms with E-state index in [9.17, 15) is 13.8 Å². The molecule has 6 heteroatoms. The summed E-state index contributed by atoms with van der Waals surface area (Å²) in [7, 11) is -0.829. The summed E-state index contributed by atoms with van der Waals surface area (Å²) in [5, 5.41) is 5.33. The van der Waals surface area contributed by atoms with Crippen LogP contribution in [0.2, 0.25) is 0 Å². The molecule has 0 aliphatic rings. The topological polar surface area (TPSA) is 75.3 Å². The number of hydrogen-bond acceptors (Lipinski definition) is 3. The Morgan fingerprint density at radius 2 is 1.84 bits per heavy atom. The van der Waals surface area contributed by atoms with Crippen molar-refractivity contribution in [2.45, 2.75) is 13.3 Å². The zero-order valence-corrected chi connectivity index (χ0v) is 11.9. The Morgan fingerprint density at radius 1 is 1.21 bits per heavy atom. The highest BCUT2D eigenvalue weighted by Crippen LogP contribution is 2.09. The van der Waals surface area contributed by atoms with Crippen molar-refractivity contribution in [2.24, 2.45) is 0 Å². The van der Waals surface area contributed by atoms with E-state index >= 15 is 0 Å². The third-order valence-corrected chi connectivity index (χ3v) is 3.31. The van der Waals surface area contributed by atoms with Crippen LogP contribution in [0.1, 0.15) is 23.7 Å². The van der Waals surface area contributed by atoms with Gasteiger partial charge < -0.3 is 10.6 Å². The summed E-state index contributed by atoms with van der Waals surface area (Å²) < 4.78 is 10.8. The highest BCUT2D eigenvalue weighted by atomic mass is 32.2. The van der Waals surface area contributed by atoms with E-state index in [1.54, 1.807) is 30.5 Å². The van der Waals surface area contributed by atoms with Crippen LogP contribution in [0.3, 0.4) is 0 Å². The molecule has 2 amide bonds. The van der Waals surface area contributed by atoms with Crippen LogP contribution in [0.25, 0.3) is 0 Å². The van der Waals surface area contributed by atoms with E-state index in [2.05, 4.69) is 10.6 Å². The Balaban J connectivity index is 2.35. The maximum Gasteiger partial charge on any atom is 0.319 e. The molecule has 2 N–H and O–H groups in total. The average Bonchev–Trinajstić information content (AvgIpc) is 2.35. The Bertz CT molecular complexity index is 471. The average molecular weight is 282 g/mol. The van der Waals surface area contributed by atoms with E-state index in [1.165, 1.54) is 6.92 Å². The molecule has 104 valence electrons. The van der Waals surface area contributed by atoms with Gasteiger partial charge in [0.05, 0.1) is 0 Å². The predicted octanol–water partition coefficient (Wildman–Crippen LogP) is 1.78. The van der Waals surface area contributed by atoms with E-state index < -0.39 is 10.8 Å². The molecule has 0 heterocycles. The molecule has 0 fully saturated rings. The van der Waals surface area contributed by atoms with Gasteiger partial charge in [0.2, 0.25) is 0 Å². The van der Waals surface area contributed by atoms with Crippen LogP contribution in [-0.2, 0) is 10.8 Å². The molecule has 1 aromatic carbocycles. The summed E-state index contributed by atoms with van der Waals surface area (Å²) in [5.74, 6) is 0.566. The molecule has 0 saturated heterocycles. The third-order valence-electron chi connectivity index (χ3n) is 2.44. The lowest BCUT2D eigenvalue weighted by Crippen LogP contribution is -2.30. The Labute approximate surface area is 115 Å². The molecule has 0 aliphatic heterocycles. The van der Waals surface area contributed by atoms with Crippen LogP contribution in [0, 0.1) is 0 Å². The first-order valence-electron chi connectivity index (χ1n) is 5.95.